The van der Waals surface area contributed by atoms with Crippen molar-refractivity contribution in [1.29, 1.82) is 0 Å². The van der Waals surface area contributed by atoms with Gasteiger partial charge in [-0.3, -0.25) is 14.8 Å². The number of nitrogens with zero attached hydrogens (tertiary/aromatic N) is 2. The summed E-state index contributed by atoms with van der Waals surface area (Å²) in [5.74, 6) is -1.41. The number of hydrogen-bond donors (Lipinski definition) is 2. The molecule has 0 radical (unpaired) electrons. The third-order valence-electron chi connectivity index (χ3n) is 4.14. The fourth-order valence-corrected chi connectivity index (χ4v) is 2.81. The molecule has 0 fully saturated rings. The van der Waals surface area contributed by atoms with Gasteiger partial charge < -0.3 is 10.1 Å². The molecule has 0 unspecified atom stereocenters. The monoisotopic (exact) mass is 406 g/mol. The second kappa shape index (κ2) is 10.0. The van der Waals surface area contributed by atoms with Crippen LogP contribution in [0.4, 0.5) is 4.79 Å². The molecule has 0 aliphatic carbocycles. The highest BCUT2D eigenvalue weighted by Crippen LogP contribution is 2.23. The van der Waals surface area contributed by atoms with Crippen molar-refractivity contribution in [1.82, 2.24) is 20.4 Å². The van der Waals surface area contributed by atoms with Crippen LogP contribution < -0.4 is 10.6 Å². The first-order valence-corrected chi connectivity index (χ1v) is 9.48. The van der Waals surface area contributed by atoms with E-state index in [9.17, 15) is 14.4 Å². The molecule has 30 heavy (non-hydrogen) atoms. The van der Waals surface area contributed by atoms with Crippen LogP contribution in [0, 0.1) is 0 Å². The number of benzene rings is 2. The van der Waals surface area contributed by atoms with E-state index in [-0.39, 0.29) is 5.56 Å². The molecule has 1 aromatic heterocycles. The van der Waals surface area contributed by atoms with Crippen molar-refractivity contribution >= 4 is 17.9 Å². The Kier molecular flexibility index (Phi) is 6.94. The van der Waals surface area contributed by atoms with E-state index >= 15 is 0 Å². The lowest BCUT2D eigenvalue weighted by molar-refractivity contribution is -0.123. The number of carbonyl (C=O) groups is 3. The number of esters is 1. The molecule has 0 aliphatic rings. The van der Waals surface area contributed by atoms with Gasteiger partial charge in [-0.15, -0.1) is 0 Å². The highest BCUT2D eigenvalue weighted by molar-refractivity contribution is 5.99. The summed E-state index contributed by atoms with van der Waals surface area (Å²) < 4.78 is 6.77. The Morgan fingerprint density at radius 3 is 2.33 bits per heavy atom. The van der Waals surface area contributed by atoms with Crippen LogP contribution in [0.1, 0.15) is 22.8 Å². The van der Waals surface area contributed by atoms with Crippen molar-refractivity contribution in [3.8, 4) is 11.3 Å². The van der Waals surface area contributed by atoms with Gasteiger partial charge in [0.25, 0.3) is 5.91 Å². The lowest BCUT2D eigenvalue weighted by Crippen LogP contribution is -2.41. The summed E-state index contributed by atoms with van der Waals surface area (Å²) in [6.45, 7) is 2.00. The number of hydrogen-bond acceptors (Lipinski definition) is 5. The highest BCUT2D eigenvalue weighted by Gasteiger charge is 2.20. The van der Waals surface area contributed by atoms with E-state index in [0.717, 1.165) is 11.1 Å². The molecule has 0 saturated heterocycles. The summed E-state index contributed by atoms with van der Waals surface area (Å²) in [7, 11) is 0. The number of urea groups is 1. The Morgan fingerprint density at radius 2 is 1.67 bits per heavy atom. The van der Waals surface area contributed by atoms with Crippen LogP contribution in [0.25, 0.3) is 11.3 Å². The second-order valence-corrected chi connectivity index (χ2v) is 6.42. The third kappa shape index (κ3) is 5.54. The van der Waals surface area contributed by atoms with E-state index in [1.165, 1.54) is 0 Å². The molecule has 1 heterocycles. The fourth-order valence-electron chi connectivity index (χ4n) is 2.81. The summed E-state index contributed by atoms with van der Waals surface area (Å²) in [6.07, 6.45) is 1.60. The SMILES string of the molecule is CCNC(=O)NC(=O)COC(=O)c1cn(Cc2ccccc2)nc1-c1ccccc1. The van der Waals surface area contributed by atoms with Crippen molar-refractivity contribution < 1.29 is 19.1 Å². The maximum Gasteiger partial charge on any atom is 0.342 e. The quantitative estimate of drug-likeness (QED) is 0.587. The first kappa shape index (κ1) is 20.8. The molecule has 8 heteroatoms. The molecule has 3 aromatic rings. The van der Waals surface area contributed by atoms with Crippen LogP contribution in [-0.2, 0) is 16.1 Å². The summed E-state index contributed by atoms with van der Waals surface area (Å²) in [5, 5.41) is 9.06. The average Bonchev–Trinajstić information content (AvgIpc) is 3.17. The minimum atomic E-state index is -0.716. The average molecular weight is 406 g/mol. The predicted octanol–water partition coefficient (Wildman–Crippen LogP) is 2.60. The van der Waals surface area contributed by atoms with Gasteiger partial charge in [0, 0.05) is 18.3 Å². The van der Waals surface area contributed by atoms with Crippen molar-refractivity contribution in [3.63, 3.8) is 0 Å². The smallest absolute Gasteiger partial charge is 0.342 e. The van der Waals surface area contributed by atoms with Gasteiger partial charge in [0.1, 0.15) is 11.3 Å². The lowest BCUT2D eigenvalue weighted by Gasteiger charge is -2.06. The molecule has 0 atom stereocenters. The number of amides is 3. The predicted molar refractivity (Wildman–Crippen MR) is 111 cm³/mol. The molecule has 2 aromatic carbocycles. The lowest BCUT2D eigenvalue weighted by atomic mass is 10.1. The number of imide groups is 1. The van der Waals surface area contributed by atoms with E-state index in [0.29, 0.717) is 18.8 Å². The second-order valence-electron chi connectivity index (χ2n) is 6.42. The number of rotatable bonds is 7. The molecule has 154 valence electrons. The summed E-state index contributed by atoms with van der Waals surface area (Å²) in [4.78, 5) is 35.8. The van der Waals surface area contributed by atoms with Gasteiger partial charge in [0.2, 0.25) is 0 Å². The van der Waals surface area contributed by atoms with Crippen molar-refractivity contribution in [3.05, 3.63) is 78.0 Å². The Morgan fingerprint density at radius 1 is 1.00 bits per heavy atom. The Bertz CT molecular complexity index is 1020. The molecule has 0 bridgehead atoms. The topological polar surface area (TPSA) is 102 Å². The van der Waals surface area contributed by atoms with Gasteiger partial charge in [-0.2, -0.15) is 5.10 Å². The zero-order valence-electron chi connectivity index (χ0n) is 16.5. The van der Waals surface area contributed by atoms with Crippen molar-refractivity contribution in [2.75, 3.05) is 13.2 Å². The minimum absolute atomic E-state index is 0.239. The van der Waals surface area contributed by atoms with E-state index in [4.69, 9.17) is 4.74 Å². The molecule has 3 rings (SSSR count). The van der Waals surface area contributed by atoms with Crippen LogP contribution in [-0.4, -0.2) is 40.8 Å². The maximum atomic E-state index is 12.7. The number of nitrogens with one attached hydrogen (secondary N) is 2. The van der Waals surface area contributed by atoms with Crippen molar-refractivity contribution in [2.45, 2.75) is 13.5 Å². The molecule has 0 spiro atoms. The zero-order valence-corrected chi connectivity index (χ0v) is 16.5. The molecule has 8 nitrogen and oxygen atoms in total. The molecular formula is C22H22N4O4. The maximum absolute atomic E-state index is 12.7. The van der Waals surface area contributed by atoms with Gasteiger partial charge in [-0.1, -0.05) is 60.7 Å². The molecular weight excluding hydrogens is 384 g/mol. The van der Waals surface area contributed by atoms with Crippen LogP contribution in [0.15, 0.2) is 66.9 Å². The normalized spacial score (nSPS) is 10.3. The van der Waals surface area contributed by atoms with E-state index < -0.39 is 24.5 Å². The number of carbonyl (C=O) groups excluding carboxylic acids is 3. The van der Waals surface area contributed by atoms with Crippen LogP contribution in [0.5, 0.6) is 0 Å². The van der Waals surface area contributed by atoms with Gasteiger partial charge in [-0.05, 0) is 12.5 Å². The largest absolute Gasteiger partial charge is 0.452 e. The Labute approximate surface area is 173 Å². The van der Waals surface area contributed by atoms with Crippen molar-refractivity contribution in [2.24, 2.45) is 0 Å². The standard InChI is InChI=1S/C22H22N4O4/c1-2-23-22(29)24-19(27)15-30-21(28)18-14-26(13-16-9-5-3-6-10-16)25-20(18)17-11-7-4-8-12-17/h3-12,14H,2,13,15H2,1H3,(H2,23,24,27,29). The first-order chi connectivity index (χ1) is 14.6. The van der Waals surface area contributed by atoms with Gasteiger partial charge in [-0.25, -0.2) is 9.59 Å². The Balaban J connectivity index is 1.77. The minimum Gasteiger partial charge on any atom is -0.452 e. The van der Waals surface area contributed by atoms with Crippen LogP contribution >= 0.6 is 0 Å². The first-order valence-electron chi connectivity index (χ1n) is 9.48. The zero-order chi connectivity index (χ0) is 21.3. The molecule has 0 saturated carbocycles. The van der Waals surface area contributed by atoms with E-state index in [2.05, 4.69) is 15.7 Å². The fraction of sp³-hybridized carbons (Fsp3) is 0.182. The summed E-state index contributed by atoms with van der Waals surface area (Å²) in [6, 6.07) is 18.3. The van der Waals surface area contributed by atoms with Gasteiger partial charge in [0.15, 0.2) is 6.61 Å². The van der Waals surface area contributed by atoms with Gasteiger partial charge in [0.05, 0.1) is 6.54 Å². The summed E-state index contributed by atoms with van der Waals surface area (Å²) >= 11 is 0. The third-order valence-corrected chi connectivity index (χ3v) is 4.14. The van der Waals surface area contributed by atoms with Gasteiger partial charge >= 0.3 is 12.0 Å². The summed E-state index contributed by atoms with van der Waals surface area (Å²) in [5.41, 5.74) is 2.48. The number of ether oxygens (including phenoxy) is 1. The molecule has 3 amide bonds. The van der Waals surface area contributed by atoms with Crippen LogP contribution in [0.2, 0.25) is 0 Å². The van der Waals surface area contributed by atoms with E-state index in [1.54, 1.807) is 17.8 Å². The van der Waals surface area contributed by atoms with Crippen LogP contribution in [0.3, 0.4) is 0 Å². The molecule has 2 N–H and O–H groups in total. The van der Waals surface area contributed by atoms with E-state index in [1.807, 2.05) is 60.7 Å². The highest BCUT2D eigenvalue weighted by atomic mass is 16.5. The Hall–Kier alpha value is -3.94. The molecule has 0 aliphatic heterocycles. The number of aromatic nitrogens is 2.